The molecule has 5 heteroatoms. The molecule has 4 nitrogen and oxygen atoms in total. The van der Waals surface area contributed by atoms with Crippen LogP contribution in [0, 0.1) is 0 Å². The maximum atomic E-state index is 12.4. The van der Waals surface area contributed by atoms with E-state index in [-0.39, 0.29) is 30.3 Å². The molecule has 2 N–H and O–H groups in total. The number of rotatable bonds is 9. The van der Waals surface area contributed by atoms with Crippen LogP contribution < -0.4 is 17.7 Å². The Hall–Kier alpha value is -2.14. The molecule has 144 valence electrons. The van der Waals surface area contributed by atoms with Crippen molar-refractivity contribution in [3.8, 4) is 0 Å². The Morgan fingerprint density at radius 1 is 1.11 bits per heavy atom. The summed E-state index contributed by atoms with van der Waals surface area (Å²) in [7, 11) is 0. The van der Waals surface area contributed by atoms with E-state index in [1.165, 1.54) is 5.56 Å². The maximum absolute atomic E-state index is 12.4. The number of Topliss-reactive ketones (excluding diaryl/α,β-unsaturated/α-hetero) is 1. The summed E-state index contributed by atoms with van der Waals surface area (Å²) in [6, 6.07) is 20.0. The smallest absolute Gasteiger partial charge is 0.203 e. The van der Waals surface area contributed by atoms with Crippen LogP contribution in [0.2, 0.25) is 0 Å². The monoisotopic (exact) mass is 387 g/mol. The number of ketones is 1. The fourth-order valence-electron chi connectivity index (χ4n) is 3.22. The lowest BCUT2D eigenvalue weighted by molar-refractivity contribution is -0.693. The summed E-state index contributed by atoms with van der Waals surface area (Å²) < 4.78 is 11.6. The van der Waals surface area contributed by atoms with E-state index < -0.39 is 0 Å². The first-order valence-electron chi connectivity index (χ1n) is 9.20. The zero-order valence-corrected chi connectivity index (χ0v) is 16.5. The normalized spacial score (nSPS) is 13.1. The largest absolute Gasteiger partial charge is 1.00 e. The third kappa shape index (κ3) is 5.42. The lowest BCUT2D eigenvalue weighted by atomic mass is 10.0. The van der Waals surface area contributed by atoms with Crippen molar-refractivity contribution < 1.29 is 31.7 Å². The molecule has 0 bridgehead atoms. The van der Waals surface area contributed by atoms with E-state index in [2.05, 4.69) is 24.4 Å². The van der Waals surface area contributed by atoms with Gasteiger partial charge in [0, 0.05) is 12.0 Å². The predicted octanol–water partition coefficient (Wildman–Crippen LogP) is 0.739. The number of furan rings is 1. The average Bonchev–Trinajstić information content (AvgIpc) is 3.11. The molecule has 2 aromatic carbocycles. The zero-order valence-electron chi connectivity index (χ0n) is 15.7. The van der Waals surface area contributed by atoms with E-state index in [9.17, 15) is 4.79 Å². The Kier molecular flexibility index (Phi) is 8.04. The maximum Gasteiger partial charge on any atom is 0.203 e. The number of fused-ring (bicyclic) bond motifs is 1. The Balaban J connectivity index is 0.00000261. The van der Waals surface area contributed by atoms with E-state index >= 15 is 0 Å². The summed E-state index contributed by atoms with van der Waals surface area (Å²) in [6.45, 7) is 5.51. The van der Waals surface area contributed by atoms with Gasteiger partial charge in [-0.15, -0.1) is 0 Å². The van der Waals surface area contributed by atoms with E-state index in [1.54, 1.807) is 0 Å². The predicted molar refractivity (Wildman–Crippen MR) is 102 cm³/mol. The number of nitrogens with two attached hydrogens (primary N) is 1. The number of carbonyl (C=O) groups excluding carboxylic acids is 1. The van der Waals surface area contributed by atoms with Crippen molar-refractivity contribution in [3.05, 3.63) is 72.0 Å². The van der Waals surface area contributed by atoms with E-state index in [0.29, 0.717) is 25.3 Å². The van der Waals surface area contributed by atoms with E-state index in [0.717, 1.165) is 11.0 Å². The number of quaternary nitrogens is 1. The molecule has 0 aliphatic rings. The standard InChI is InChI=1S/C22H25NO3.ClH/c1-3-25-22(17-9-5-4-6-10-17)16(2)23-14-13-19(24)21-15-18-11-7-8-12-20(18)26-21;/h4-12,15-16,22-23H,3,13-14H2,1-2H3;1H. The van der Waals surface area contributed by atoms with Gasteiger partial charge < -0.3 is 26.9 Å². The first-order valence-corrected chi connectivity index (χ1v) is 9.20. The number of benzene rings is 2. The van der Waals surface area contributed by atoms with Gasteiger partial charge in [0.2, 0.25) is 5.78 Å². The fraction of sp³-hybridized carbons (Fsp3) is 0.318. The average molecular weight is 388 g/mol. The first-order chi connectivity index (χ1) is 12.7. The van der Waals surface area contributed by atoms with E-state index in [1.807, 2.05) is 55.5 Å². The highest BCUT2D eigenvalue weighted by Gasteiger charge is 2.23. The van der Waals surface area contributed by atoms with Crippen molar-refractivity contribution in [2.75, 3.05) is 13.2 Å². The molecule has 27 heavy (non-hydrogen) atoms. The molecule has 2 unspecified atom stereocenters. The summed E-state index contributed by atoms with van der Waals surface area (Å²) in [6.07, 6.45) is 0.458. The molecule has 0 fully saturated rings. The van der Waals surface area contributed by atoms with Crippen molar-refractivity contribution in [2.45, 2.75) is 32.4 Å². The highest BCUT2D eigenvalue weighted by molar-refractivity contribution is 5.97. The van der Waals surface area contributed by atoms with Crippen LogP contribution in [0.3, 0.4) is 0 Å². The van der Waals surface area contributed by atoms with Gasteiger partial charge in [0.1, 0.15) is 17.7 Å². The van der Waals surface area contributed by atoms with Crippen molar-refractivity contribution >= 4 is 16.8 Å². The second-order valence-electron chi connectivity index (χ2n) is 6.49. The summed E-state index contributed by atoms with van der Waals surface area (Å²) in [5.41, 5.74) is 1.93. The summed E-state index contributed by atoms with van der Waals surface area (Å²) in [5, 5.41) is 3.14. The molecule has 2 atom stereocenters. The number of carbonyl (C=O) groups is 1. The molecule has 3 aromatic rings. The molecule has 0 radical (unpaired) electrons. The number of halogens is 1. The highest BCUT2D eigenvalue weighted by atomic mass is 35.5. The van der Waals surface area contributed by atoms with Crippen LogP contribution in [0.4, 0.5) is 0 Å². The molecule has 0 amide bonds. The Morgan fingerprint density at radius 2 is 1.81 bits per heavy atom. The molecule has 0 spiro atoms. The first kappa shape index (κ1) is 21.2. The Bertz CT molecular complexity index is 814. The SMILES string of the molecule is CCOC(c1ccccc1)C(C)[NH2+]CCC(=O)c1cc2ccccc2o1.[Cl-]. The molecule has 0 saturated heterocycles. The number of para-hydroxylation sites is 1. The van der Waals surface area contributed by atoms with Gasteiger partial charge in [-0.3, -0.25) is 4.79 Å². The minimum absolute atomic E-state index is 0. The second-order valence-corrected chi connectivity index (χ2v) is 6.49. The quantitative estimate of drug-likeness (QED) is 0.551. The van der Waals surface area contributed by atoms with Gasteiger partial charge in [-0.1, -0.05) is 48.5 Å². The molecule has 3 rings (SSSR count). The Labute approximate surface area is 166 Å². The van der Waals surface area contributed by atoms with E-state index in [4.69, 9.17) is 9.15 Å². The zero-order chi connectivity index (χ0) is 18.4. The molecular formula is C22H26ClNO3. The number of hydrogen-bond acceptors (Lipinski definition) is 3. The van der Waals surface area contributed by atoms with Crippen LogP contribution in [0.1, 0.15) is 42.5 Å². The molecular weight excluding hydrogens is 362 g/mol. The summed E-state index contributed by atoms with van der Waals surface area (Å²) >= 11 is 0. The molecule has 1 heterocycles. The number of hydrogen-bond donors (Lipinski definition) is 1. The minimum atomic E-state index is 0. The van der Waals surface area contributed by atoms with Crippen LogP contribution in [0.15, 0.2) is 65.1 Å². The van der Waals surface area contributed by atoms with Gasteiger partial charge in [-0.05, 0) is 31.5 Å². The van der Waals surface area contributed by atoms with Crippen molar-refractivity contribution in [1.82, 2.24) is 0 Å². The van der Waals surface area contributed by atoms with Gasteiger partial charge in [0.05, 0.1) is 13.0 Å². The van der Waals surface area contributed by atoms with Crippen LogP contribution in [0.25, 0.3) is 11.0 Å². The van der Waals surface area contributed by atoms with Crippen LogP contribution >= 0.6 is 0 Å². The topological polar surface area (TPSA) is 56.0 Å². The van der Waals surface area contributed by atoms with Gasteiger partial charge >= 0.3 is 0 Å². The second kappa shape index (κ2) is 10.3. The summed E-state index contributed by atoms with van der Waals surface area (Å²) in [5.74, 6) is 0.481. The third-order valence-electron chi connectivity index (χ3n) is 4.56. The van der Waals surface area contributed by atoms with Crippen LogP contribution in [0.5, 0.6) is 0 Å². The number of ether oxygens (including phenoxy) is 1. The van der Waals surface area contributed by atoms with Gasteiger partial charge in [-0.25, -0.2) is 0 Å². The van der Waals surface area contributed by atoms with Crippen molar-refractivity contribution in [2.24, 2.45) is 0 Å². The minimum Gasteiger partial charge on any atom is -1.00 e. The fourth-order valence-corrected chi connectivity index (χ4v) is 3.22. The molecule has 0 saturated carbocycles. The van der Waals surface area contributed by atoms with Crippen molar-refractivity contribution in [3.63, 3.8) is 0 Å². The van der Waals surface area contributed by atoms with Gasteiger partial charge in [0.25, 0.3) is 0 Å². The molecule has 0 aliphatic carbocycles. The lowest BCUT2D eigenvalue weighted by Crippen LogP contribution is -3.00. The van der Waals surface area contributed by atoms with Crippen LogP contribution in [-0.4, -0.2) is 25.0 Å². The molecule has 1 aromatic heterocycles. The van der Waals surface area contributed by atoms with Crippen molar-refractivity contribution in [1.29, 1.82) is 0 Å². The molecule has 0 aliphatic heterocycles. The van der Waals surface area contributed by atoms with Gasteiger partial charge in [-0.2, -0.15) is 0 Å². The van der Waals surface area contributed by atoms with Crippen LogP contribution in [-0.2, 0) is 4.74 Å². The van der Waals surface area contributed by atoms with Gasteiger partial charge in [0.15, 0.2) is 5.76 Å². The lowest BCUT2D eigenvalue weighted by Gasteiger charge is -2.22. The highest BCUT2D eigenvalue weighted by Crippen LogP contribution is 2.20. The third-order valence-corrected chi connectivity index (χ3v) is 4.56. The summed E-state index contributed by atoms with van der Waals surface area (Å²) in [4.78, 5) is 12.4. The Morgan fingerprint density at radius 3 is 2.52 bits per heavy atom.